The van der Waals surface area contributed by atoms with E-state index in [1.807, 2.05) is 6.20 Å². The Morgan fingerprint density at radius 2 is 2.10 bits per heavy atom. The maximum absolute atomic E-state index is 3.92. The lowest BCUT2D eigenvalue weighted by Crippen LogP contribution is -2.23. The van der Waals surface area contributed by atoms with E-state index in [4.69, 9.17) is 0 Å². The molecule has 0 aliphatic heterocycles. The van der Waals surface area contributed by atoms with Crippen LogP contribution in [0.2, 0.25) is 0 Å². The third kappa shape index (κ3) is 2.26. The van der Waals surface area contributed by atoms with Gasteiger partial charge in [0, 0.05) is 11.7 Å². The lowest BCUT2D eigenvalue weighted by molar-refractivity contribution is 0.377. The first-order valence-electron chi connectivity index (χ1n) is 3.72. The maximum atomic E-state index is 3.92. The van der Waals surface area contributed by atoms with Crippen molar-refractivity contribution < 1.29 is 0 Å². The van der Waals surface area contributed by atoms with Crippen molar-refractivity contribution in [3.8, 4) is 0 Å². The number of rotatable bonds is 4. The Hall–Kier alpha value is -0.720. The van der Waals surface area contributed by atoms with Crippen molar-refractivity contribution in [2.75, 3.05) is 0 Å². The van der Waals surface area contributed by atoms with E-state index in [0.29, 0.717) is 6.04 Å². The molecule has 0 amide bonds. The Bertz CT molecular complexity index is 125. The minimum atomic E-state index is 0.477. The average molecular weight is 139 g/mol. The molecule has 0 saturated heterocycles. The van der Waals surface area contributed by atoms with Gasteiger partial charge in [0.1, 0.15) is 0 Å². The summed E-state index contributed by atoms with van der Waals surface area (Å²) in [5.41, 5.74) is 1.13. The molecule has 10 heavy (non-hydrogen) atoms. The van der Waals surface area contributed by atoms with Crippen LogP contribution in [0.4, 0.5) is 0 Å². The van der Waals surface area contributed by atoms with Gasteiger partial charge in [0.25, 0.3) is 0 Å². The predicted molar refractivity (Wildman–Crippen MR) is 46.6 cm³/mol. The second-order valence-electron chi connectivity index (χ2n) is 2.60. The highest BCUT2D eigenvalue weighted by atomic mass is 15.1. The van der Waals surface area contributed by atoms with Gasteiger partial charge in [0.2, 0.25) is 0 Å². The second kappa shape index (κ2) is 4.15. The normalized spacial score (nSPS) is 9.60. The van der Waals surface area contributed by atoms with E-state index in [9.17, 15) is 0 Å². The molecule has 0 aromatic carbocycles. The average Bonchev–Trinajstić information content (AvgIpc) is 1.88. The third-order valence-electron chi connectivity index (χ3n) is 1.53. The van der Waals surface area contributed by atoms with Crippen LogP contribution >= 0.6 is 0 Å². The van der Waals surface area contributed by atoms with Crippen LogP contribution in [-0.4, -0.2) is 10.9 Å². The topological polar surface area (TPSA) is 3.24 Å². The SMILES string of the molecule is C=CN(C(=C)CC)C(C)C. The lowest BCUT2D eigenvalue weighted by Gasteiger charge is -2.25. The standard InChI is InChI=1S/C9H17N/c1-6-9(5)10(7-2)8(3)4/h7-8H,2,5-6H2,1,3-4H3. The highest BCUT2D eigenvalue weighted by molar-refractivity contribution is 4.98. The van der Waals surface area contributed by atoms with E-state index in [0.717, 1.165) is 12.1 Å². The summed E-state index contributed by atoms with van der Waals surface area (Å²) in [7, 11) is 0. The lowest BCUT2D eigenvalue weighted by atomic mass is 10.2. The molecule has 0 aliphatic rings. The zero-order valence-electron chi connectivity index (χ0n) is 7.22. The minimum absolute atomic E-state index is 0.477. The summed E-state index contributed by atoms with van der Waals surface area (Å²) in [6.07, 6.45) is 2.82. The van der Waals surface area contributed by atoms with E-state index < -0.39 is 0 Å². The van der Waals surface area contributed by atoms with Crippen LogP contribution < -0.4 is 0 Å². The van der Waals surface area contributed by atoms with Gasteiger partial charge < -0.3 is 4.90 Å². The molecule has 0 spiro atoms. The smallest absolute Gasteiger partial charge is 0.0276 e. The maximum Gasteiger partial charge on any atom is 0.0276 e. The molecule has 0 fully saturated rings. The molecular formula is C9H17N. The summed E-state index contributed by atoms with van der Waals surface area (Å²) in [6, 6.07) is 0.477. The van der Waals surface area contributed by atoms with Gasteiger partial charge >= 0.3 is 0 Å². The minimum Gasteiger partial charge on any atom is -0.350 e. The van der Waals surface area contributed by atoms with Crippen LogP contribution in [-0.2, 0) is 0 Å². The van der Waals surface area contributed by atoms with Crippen molar-refractivity contribution in [3.63, 3.8) is 0 Å². The molecule has 0 bridgehead atoms. The summed E-state index contributed by atoms with van der Waals surface area (Å²) in [5.74, 6) is 0. The molecule has 0 aromatic heterocycles. The molecule has 0 unspecified atom stereocenters. The zero-order chi connectivity index (χ0) is 8.15. The van der Waals surface area contributed by atoms with E-state index in [2.05, 4.69) is 38.8 Å². The van der Waals surface area contributed by atoms with Gasteiger partial charge in [-0.25, -0.2) is 0 Å². The molecule has 0 aliphatic carbocycles. The summed E-state index contributed by atoms with van der Waals surface area (Å²) < 4.78 is 0. The van der Waals surface area contributed by atoms with Crippen LogP contribution in [0.25, 0.3) is 0 Å². The van der Waals surface area contributed by atoms with E-state index in [1.165, 1.54) is 0 Å². The second-order valence-corrected chi connectivity index (χ2v) is 2.60. The summed E-state index contributed by atoms with van der Waals surface area (Å²) in [5, 5.41) is 0. The van der Waals surface area contributed by atoms with Crippen molar-refractivity contribution in [3.05, 3.63) is 25.1 Å². The Labute approximate surface area is 64.0 Å². The number of allylic oxidation sites excluding steroid dienone is 1. The van der Waals surface area contributed by atoms with Crippen LogP contribution in [0.1, 0.15) is 27.2 Å². The first-order chi connectivity index (χ1) is 4.63. The molecular weight excluding hydrogens is 122 g/mol. The third-order valence-corrected chi connectivity index (χ3v) is 1.53. The van der Waals surface area contributed by atoms with Crippen molar-refractivity contribution in [2.45, 2.75) is 33.2 Å². The molecule has 0 atom stereocenters. The van der Waals surface area contributed by atoms with Crippen molar-refractivity contribution in [1.82, 2.24) is 4.90 Å². The molecule has 1 nitrogen and oxygen atoms in total. The number of hydrogen-bond donors (Lipinski definition) is 0. The van der Waals surface area contributed by atoms with Gasteiger partial charge in [-0.05, 0) is 26.5 Å². The molecule has 0 aromatic rings. The molecule has 1 heteroatoms. The van der Waals surface area contributed by atoms with E-state index >= 15 is 0 Å². The van der Waals surface area contributed by atoms with Gasteiger partial charge in [-0.1, -0.05) is 20.1 Å². The fourth-order valence-electron chi connectivity index (χ4n) is 0.888. The first kappa shape index (κ1) is 9.28. The summed E-state index contributed by atoms with van der Waals surface area (Å²) in [4.78, 5) is 2.08. The fraction of sp³-hybridized carbons (Fsp3) is 0.556. The van der Waals surface area contributed by atoms with Gasteiger partial charge in [-0.15, -0.1) is 0 Å². The Balaban J connectivity index is 4.06. The van der Waals surface area contributed by atoms with Crippen LogP contribution in [0.3, 0.4) is 0 Å². The van der Waals surface area contributed by atoms with Gasteiger partial charge in [0.05, 0.1) is 0 Å². The van der Waals surface area contributed by atoms with E-state index in [-0.39, 0.29) is 0 Å². The Morgan fingerprint density at radius 1 is 1.60 bits per heavy atom. The van der Waals surface area contributed by atoms with Gasteiger partial charge in [-0.2, -0.15) is 0 Å². The monoisotopic (exact) mass is 139 g/mol. The fourth-order valence-corrected chi connectivity index (χ4v) is 0.888. The zero-order valence-corrected chi connectivity index (χ0v) is 7.22. The molecule has 0 N–H and O–H groups in total. The number of hydrogen-bond acceptors (Lipinski definition) is 1. The molecule has 0 saturated carbocycles. The summed E-state index contributed by atoms with van der Waals surface area (Å²) in [6.45, 7) is 14.0. The quantitative estimate of drug-likeness (QED) is 0.579. The number of nitrogens with zero attached hydrogens (tertiary/aromatic N) is 1. The first-order valence-corrected chi connectivity index (χ1v) is 3.72. The van der Waals surface area contributed by atoms with Gasteiger partial charge in [0.15, 0.2) is 0 Å². The largest absolute Gasteiger partial charge is 0.350 e. The molecule has 58 valence electrons. The van der Waals surface area contributed by atoms with Gasteiger partial charge in [-0.3, -0.25) is 0 Å². The van der Waals surface area contributed by atoms with Crippen LogP contribution in [0, 0.1) is 0 Å². The predicted octanol–water partition coefficient (Wildman–Crippen LogP) is 2.76. The van der Waals surface area contributed by atoms with E-state index in [1.54, 1.807) is 0 Å². The molecule has 0 rings (SSSR count). The Morgan fingerprint density at radius 3 is 2.20 bits per heavy atom. The highest BCUT2D eigenvalue weighted by Crippen LogP contribution is 2.09. The van der Waals surface area contributed by atoms with Crippen molar-refractivity contribution in [2.24, 2.45) is 0 Å². The van der Waals surface area contributed by atoms with Crippen molar-refractivity contribution in [1.29, 1.82) is 0 Å². The highest BCUT2D eigenvalue weighted by Gasteiger charge is 2.04. The summed E-state index contributed by atoms with van der Waals surface area (Å²) >= 11 is 0. The van der Waals surface area contributed by atoms with Crippen LogP contribution in [0.5, 0.6) is 0 Å². The van der Waals surface area contributed by atoms with Crippen molar-refractivity contribution >= 4 is 0 Å². The molecule has 0 heterocycles. The Kier molecular flexibility index (Phi) is 3.85. The molecule has 0 radical (unpaired) electrons. The van der Waals surface area contributed by atoms with Crippen LogP contribution in [0.15, 0.2) is 25.1 Å².